The Balaban J connectivity index is 1.02. The van der Waals surface area contributed by atoms with Gasteiger partial charge in [0.2, 0.25) is 0 Å². The molecule has 0 saturated heterocycles. The van der Waals surface area contributed by atoms with E-state index in [4.69, 9.17) is 0 Å². The predicted octanol–water partition coefficient (Wildman–Crippen LogP) is 17.1. The van der Waals surface area contributed by atoms with Gasteiger partial charge in [-0.05, 0) is 139 Å². The molecule has 0 saturated carbocycles. The zero-order valence-electron chi connectivity index (χ0n) is 32.0. The summed E-state index contributed by atoms with van der Waals surface area (Å²) in [6.07, 6.45) is 0. The van der Waals surface area contributed by atoms with E-state index in [1.54, 1.807) is 0 Å². The van der Waals surface area contributed by atoms with Gasteiger partial charge in [0.25, 0.3) is 0 Å². The Bertz CT molecular complexity index is 3770. The molecule has 0 fully saturated rings. The van der Waals surface area contributed by atoms with Crippen LogP contribution >= 0.6 is 11.3 Å². The van der Waals surface area contributed by atoms with Crippen molar-refractivity contribution in [3.05, 3.63) is 206 Å². The van der Waals surface area contributed by atoms with E-state index in [1.807, 2.05) is 11.3 Å². The van der Waals surface area contributed by atoms with Crippen LogP contribution in [0.2, 0.25) is 0 Å². The minimum absolute atomic E-state index is 1.23. The number of fused-ring (bicyclic) bond motifs is 13. The van der Waals surface area contributed by atoms with Gasteiger partial charge < -0.3 is 0 Å². The third-order valence-corrected chi connectivity index (χ3v) is 13.9. The van der Waals surface area contributed by atoms with Crippen molar-refractivity contribution in [1.82, 2.24) is 0 Å². The van der Waals surface area contributed by atoms with Crippen LogP contribution in [0, 0.1) is 0 Å². The Morgan fingerprint density at radius 1 is 0.203 bits per heavy atom. The van der Waals surface area contributed by atoms with Gasteiger partial charge in [-0.1, -0.05) is 176 Å². The molecule has 59 heavy (non-hydrogen) atoms. The largest absolute Gasteiger partial charge is 0.135 e. The van der Waals surface area contributed by atoms with E-state index in [0.29, 0.717) is 0 Å². The highest BCUT2D eigenvalue weighted by Crippen LogP contribution is 2.47. The molecule has 0 aliphatic rings. The second-order valence-electron chi connectivity index (χ2n) is 15.9. The maximum atomic E-state index is 2.46. The van der Waals surface area contributed by atoms with Gasteiger partial charge in [-0.2, -0.15) is 0 Å². The van der Waals surface area contributed by atoms with E-state index >= 15 is 0 Å². The standard InChI is InChI=1S/C58H34S/c1-3-15-40-37(13-1)31-38-14-2-4-16-41(38)56(40)35-25-27-36(28-26-35)57-46-21-9-11-23-48(46)58(49-24-12-10-22-47(49)57)39-29-30-54-52(32-39)53-33-50-44-19-7-5-17-42(44)43-18-6-8-20-45(43)51(50)34-55(53)59-54/h1-34H. The van der Waals surface area contributed by atoms with Crippen molar-refractivity contribution in [2.45, 2.75) is 0 Å². The Labute approximate surface area is 344 Å². The van der Waals surface area contributed by atoms with Gasteiger partial charge in [-0.15, -0.1) is 11.3 Å². The fourth-order valence-electron chi connectivity index (χ4n) is 10.2. The summed E-state index contributed by atoms with van der Waals surface area (Å²) in [6, 6.07) is 77.0. The molecule has 0 aliphatic heterocycles. The van der Waals surface area contributed by atoms with E-state index in [2.05, 4.69) is 206 Å². The average molecular weight is 763 g/mol. The Morgan fingerprint density at radius 3 is 1.07 bits per heavy atom. The van der Waals surface area contributed by atoms with Crippen LogP contribution in [0.5, 0.6) is 0 Å². The lowest BCUT2D eigenvalue weighted by molar-refractivity contribution is 1.65. The number of benzene rings is 12. The summed E-state index contributed by atoms with van der Waals surface area (Å²) in [6.45, 7) is 0. The second kappa shape index (κ2) is 12.6. The van der Waals surface area contributed by atoms with E-state index in [9.17, 15) is 0 Å². The first-order valence-corrected chi connectivity index (χ1v) is 21.2. The van der Waals surface area contributed by atoms with Gasteiger partial charge in [-0.3, -0.25) is 0 Å². The first-order valence-electron chi connectivity index (χ1n) is 20.4. The van der Waals surface area contributed by atoms with Gasteiger partial charge in [0.05, 0.1) is 0 Å². The Hall–Kier alpha value is -7.32. The normalized spacial score (nSPS) is 12.1. The highest BCUT2D eigenvalue weighted by atomic mass is 32.1. The van der Waals surface area contributed by atoms with Crippen LogP contribution in [0.1, 0.15) is 0 Å². The molecule has 0 spiro atoms. The van der Waals surface area contributed by atoms with Gasteiger partial charge in [0, 0.05) is 20.2 Å². The SMILES string of the molecule is c1ccc2c(-c3ccc(-c4c5ccccc5c(-c5ccc6sc7cc8c9ccccc9c9ccccc9c8cc7c6c5)c5ccccc45)cc3)c3ccccc3cc2c1. The molecule has 0 nitrogen and oxygen atoms in total. The first-order chi connectivity index (χ1) is 29.3. The minimum atomic E-state index is 1.23. The van der Waals surface area contributed by atoms with Crippen molar-refractivity contribution in [3.63, 3.8) is 0 Å². The summed E-state index contributed by atoms with van der Waals surface area (Å²) in [5, 5.41) is 20.7. The summed E-state index contributed by atoms with van der Waals surface area (Å²) in [7, 11) is 0. The van der Waals surface area contributed by atoms with Crippen LogP contribution in [0.3, 0.4) is 0 Å². The topological polar surface area (TPSA) is 0 Å². The Morgan fingerprint density at radius 2 is 0.559 bits per heavy atom. The maximum absolute atomic E-state index is 2.46. The van der Waals surface area contributed by atoms with E-state index in [-0.39, 0.29) is 0 Å². The number of hydrogen-bond acceptors (Lipinski definition) is 1. The highest BCUT2D eigenvalue weighted by molar-refractivity contribution is 7.25. The zero-order valence-corrected chi connectivity index (χ0v) is 32.9. The van der Waals surface area contributed by atoms with Crippen molar-refractivity contribution < 1.29 is 0 Å². The average Bonchev–Trinajstić information content (AvgIpc) is 3.66. The molecule has 272 valence electrons. The molecular weight excluding hydrogens is 729 g/mol. The molecule has 1 aromatic heterocycles. The van der Waals surface area contributed by atoms with Gasteiger partial charge in [0.15, 0.2) is 0 Å². The molecule has 1 heteroatoms. The smallest absolute Gasteiger partial charge is 0.0362 e. The molecule has 0 amide bonds. The summed E-state index contributed by atoms with van der Waals surface area (Å²) in [5.41, 5.74) is 7.57. The van der Waals surface area contributed by atoms with Crippen LogP contribution < -0.4 is 0 Å². The maximum Gasteiger partial charge on any atom is 0.0362 e. The van der Waals surface area contributed by atoms with E-state index in [0.717, 1.165) is 0 Å². The molecule has 0 radical (unpaired) electrons. The lowest BCUT2D eigenvalue weighted by atomic mass is 9.85. The zero-order chi connectivity index (χ0) is 38.6. The minimum Gasteiger partial charge on any atom is -0.135 e. The van der Waals surface area contributed by atoms with Crippen LogP contribution in [-0.4, -0.2) is 0 Å². The molecule has 1 heterocycles. The van der Waals surface area contributed by atoms with E-state index < -0.39 is 0 Å². The molecule has 0 atom stereocenters. The third-order valence-electron chi connectivity index (χ3n) is 12.8. The second-order valence-corrected chi connectivity index (χ2v) is 17.0. The van der Waals surface area contributed by atoms with Crippen molar-refractivity contribution >= 4 is 107 Å². The quantitative estimate of drug-likeness (QED) is 0.124. The highest BCUT2D eigenvalue weighted by Gasteiger charge is 2.19. The molecule has 0 bridgehead atoms. The molecule has 0 aliphatic carbocycles. The summed E-state index contributed by atoms with van der Waals surface area (Å²) >= 11 is 1.90. The van der Waals surface area contributed by atoms with Crippen molar-refractivity contribution in [2.75, 3.05) is 0 Å². The fourth-order valence-corrected chi connectivity index (χ4v) is 11.3. The predicted molar refractivity (Wildman–Crippen MR) is 258 cm³/mol. The lowest BCUT2D eigenvalue weighted by Gasteiger charge is -2.18. The van der Waals surface area contributed by atoms with Gasteiger partial charge >= 0.3 is 0 Å². The first kappa shape index (κ1) is 32.7. The van der Waals surface area contributed by atoms with Crippen molar-refractivity contribution in [3.8, 4) is 33.4 Å². The monoisotopic (exact) mass is 762 g/mol. The molecule has 12 aromatic carbocycles. The summed E-state index contributed by atoms with van der Waals surface area (Å²) < 4.78 is 2.65. The summed E-state index contributed by atoms with van der Waals surface area (Å²) in [5.74, 6) is 0. The van der Waals surface area contributed by atoms with Crippen molar-refractivity contribution in [1.29, 1.82) is 0 Å². The van der Waals surface area contributed by atoms with Crippen molar-refractivity contribution in [2.24, 2.45) is 0 Å². The molecule has 13 aromatic rings. The fraction of sp³-hybridized carbons (Fsp3) is 0. The van der Waals surface area contributed by atoms with Crippen LogP contribution in [-0.2, 0) is 0 Å². The number of hydrogen-bond donors (Lipinski definition) is 0. The number of thiophene rings is 1. The Kier molecular flexibility index (Phi) is 6.98. The van der Waals surface area contributed by atoms with Gasteiger partial charge in [0.1, 0.15) is 0 Å². The lowest BCUT2D eigenvalue weighted by Crippen LogP contribution is -1.91. The van der Waals surface area contributed by atoms with E-state index in [1.165, 1.54) is 129 Å². The van der Waals surface area contributed by atoms with Crippen LogP contribution in [0.25, 0.3) is 129 Å². The molecular formula is C58H34S. The van der Waals surface area contributed by atoms with Gasteiger partial charge in [-0.25, -0.2) is 0 Å². The summed E-state index contributed by atoms with van der Waals surface area (Å²) in [4.78, 5) is 0. The molecule has 0 unspecified atom stereocenters. The number of rotatable bonds is 3. The van der Waals surface area contributed by atoms with Crippen LogP contribution in [0.4, 0.5) is 0 Å². The molecule has 13 rings (SSSR count). The third kappa shape index (κ3) is 4.83. The van der Waals surface area contributed by atoms with Crippen LogP contribution in [0.15, 0.2) is 206 Å². The molecule has 0 N–H and O–H groups in total.